The van der Waals surface area contributed by atoms with Crippen LogP contribution in [0.4, 0.5) is 0 Å². The van der Waals surface area contributed by atoms with Gasteiger partial charge < -0.3 is 4.74 Å². The lowest BCUT2D eigenvalue weighted by molar-refractivity contribution is 0.339. The van der Waals surface area contributed by atoms with Crippen LogP contribution in [0.15, 0.2) is 30.6 Å². The second-order valence-electron chi connectivity index (χ2n) is 4.04. The fourth-order valence-corrected chi connectivity index (χ4v) is 2.01. The zero-order chi connectivity index (χ0) is 13.7. The van der Waals surface area contributed by atoms with Crippen LogP contribution in [0.1, 0.15) is 31.3 Å². The van der Waals surface area contributed by atoms with Gasteiger partial charge in [0.05, 0.1) is 6.61 Å². The number of aromatic nitrogens is 3. The number of ether oxygens (including phenoxy) is 1. The third kappa shape index (κ3) is 2.91. The van der Waals surface area contributed by atoms with Crippen LogP contribution < -0.4 is 16.0 Å². The summed E-state index contributed by atoms with van der Waals surface area (Å²) in [5, 5.41) is 4.17. The van der Waals surface area contributed by atoms with Crippen molar-refractivity contribution in [1.29, 1.82) is 0 Å². The fourth-order valence-electron chi connectivity index (χ4n) is 2.01. The largest absolute Gasteiger partial charge is 0.494 e. The van der Waals surface area contributed by atoms with E-state index in [1.54, 1.807) is 0 Å². The first-order chi connectivity index (χ1) is 9.30. The molecule has 0 spiro atoms. The summed E-state index contributed by atoms with van der Waals surface area (Å²) in [7, 11) is 0. The summed E-state index contributed by atoms with van der Waals surface area (Å²) < 4.78 is 7.32. The Balaban J connectivity index is 2.34. The van der Waals surface area contributed by atoms with E-state index in [-0.39, 0.29) is 6.04 Å². The normalized spacial score (nSPS) is 12.4. The highest BCUT2D eigenvalue weighted by molar-refractivity contribution is 5.33. The Hall–Kier alpha value is -1.92. The number of benzene rings is 1. The molecule has 1 heterocycles. The van der Waals surface area contributed by atoms with Crippen LogP contribution in [0.2, 0.25) is 0 Å². The molecule has 0 aliphatic heterocycles. The van der Waals surface area contributed by atoms with E-state index in [2.05, 4.69) is 15.5 Å². The summed E-state index contributed by atoms with van der Waals surface area (Å²) in [5.74, 6) is 7.28. The van der Waals surface area contributed by atoms with Crippen molar-refractivity contribution < 1.29 is 4.74 Å². The summed E-state index contributed by atoms with van der Waals surface area (Å²) in [4.78, 5) is 4.28. The molecule has 1 atom stereocenters. The average Bonchev–Trinajstić information content (AvgIpc) is 2.89. The fraction of sp³-hybridized carbons (Fsp3) is 0.385. The molecule has 19 heavy (non-hydrogen) atoms. The summed E-state index contributed by atoms with van der Waals surface area (Å²) >= 11 is 0. The van der Waals surface area contributed by atoms with Crippen LogP contribution in [-0.2, 0) is 6.54 Å². The number of nitrogens with one attached hydrogen (secondary N) is 1. The number of aryl methyl sites for hydroxylation is 1. The van der Waals surface area contributed by atoms with E-state index in [4.69, 9.17) is 10.6 Å². The van der Waals surface area contributed by atoms with Crippen LogP contribution in [-0.4, -0.2) is 21.4 Å². The second kappa shape index (κ2) is 6.31. The number of hydrogen-bond acceptors (Lipinski definition) is 5. The van der Waals surface area contributed by atoms with Gasteiger partial charge in [-0.1, -0.05) is 12.1 Å². The summed E-state index contributed by atoms with van der Waals surface area (Å²) in [6.45, 7) is 5.36. The molecule has 0 aliphatic carbocycles. The molecule has 102 valence electrons. The van der Waals surface area contributed by atoms with Gasteiger partial charge in [0.2, 0.25) is 0 Å². The van der Waals surface area contributed by atoms with Crippen molar-refractivity contribution in [2.45, 2.75) is 26.4 Å². The average molecular weight is 261 g/mol. The van der Waals surface area contributed by atoms with Gasteiger partial charge in [-0.25, -0.2) is 15.1 Å². The first-order valence-corrected chi connectivity index (χ1v) is 6.36. The molecule has 1 aromatic heterocycles. The van der Waals surface area contributed by atoms with Gasteiger partial charge in [-0.05, 0) is 31.5 Å². The molecule has 0 saturated carbocycles. The van der Waals surface area contributed by atoms with Crippen LogP contribution in [0.3, 0.4) is 0 Å². The lowest BCUT2D eigenvalue weighted by Crippen LogP contribution is -2.31. The molecule has 2 aromatic rings. The van der Waals surface area contributed by atoms with Crippen LogP contribution in [0.5, 0.6) is 5.75 Å². The molecule has 0 radical (unpaired) electrons. The minimum absolute atomic E-state index is 0.206. The van der Waals surface area contributed by atoms with Crippen molar-refractivity contribution >= 4 is 0 Å². The van der Waals surface area contributed by atoms with Crippen LogP contribution in [0, 0.1) is 0 Å². The molecule has 6 heteroatoms. The molecule has 0 fully saturated rings. The lowest BCUT2D eigenvalue weighted by Gasteiger charge is -2.17. The maximum atomic E-state index is 5.67. The summed E-state index contributed by atoms with van der Waals surface area (Å²) in [5.41, 5.74) is 3.78. The number of nitrogens with zero attached hydrogens (tertiary/aromatic N) is 3. The van der Waals surface area contributed by atoms with Crippen molar-refractivity contribution in [3.8, 4) is 5.75 Å². The highest BCUT2D eigenvalue weighted by atomic mass is 16.5. The van der Waals surface area contributed by atoms with Gasteiger partial charge in [0.1, 0.15) is 23.9 Å². The van der Waals surface area contributed by atoms with Crippen molar-refractivity contribution in [3.63, 3.8) is 0 Å². The van der Waals surface area contributed by atoms with Gasteiger partial charge in [0.15, 0.2) is 0 Å². The van der Waals surface area contributed by atoms with Crippen LogP contribution >= 0.6 is 0 Å². The highest BCUT2D eigenvalue weighted by Crippen LogP contribution is 2.23. The molecule has 0 aliphatic rings. The Morgan fingerprint density at radius 2 is 2.26 bits per heavy atom. The topological polar surface area (TPSA) is 78.0 Å². The second-order valence-corrected chi connectivity index (χ2v) is 4.04. The van der Waals surface area contributed by atoms with Gasteiger partial charge in [0, 0.05) is 6.54 Å². The first-order valence-electron chi connectivity index (χ1n) is 6.36. The maximum Gasteiger partial charge on any atom is 0.149 e. The molecule has 0 saturated heterocycles. The molecular weight excluding hydrogens is 242 g/mol. The van der Waals surface area contributed by atoms with Gasteiger partial charge in [0.25, 0.3) is 0 Å². The summed E-state index contributed by atoms with van der Waals surface area (Å²) in [6.07, 6.45) is 1.54. The molecule has 0 bridgehead atoms. The van der Waals surface area contributed by atoms with E-state index in [0.717, 1.165) is 23.7 Å². The Kier molecular flexibility index (Phi) is 4.48. The molecule has 1 unspecified atom stereocenters. The van der Waals surface area contributed by atoms with Crippen molar-refractivity contribution in [1.82, 2.24) is 20.2 Å². The Bertz CT molecular complexity index is 525. The number of nitrogens with two attached hydrogens (primary N) is 1. The monoisotopic (exact) mass is 261 g/mol. The van der Waals surface area contributed by atoms with Crippen molar-refractivity contribution in [2.24, 2.45) is 5.84 Å². The van der Waals surface area contributed by atoms with E-state index in [9.17, 15) is 0 Å². The van der Waals surface area contributed by atoms with Crippen molar-refractivity contribution in [2.75, 3.05) is 6.61 Å². The Labute approximate surface area is 112 Å². The van der Waals surface area contributed by atoms with Crippen molar-refractivity contribution in [3.05, 3.63) is 42.0 Å². The molecule has 1 aromatic carbocycles. The highest BCUT2D eigenvalue weighted by Gasteiger charge is 2.18. The Morgan fingerprint density at radius 3 is 2.95 bits per heavy atom. The van der Waals surface area contributed by atoms with Gasteiger partial charge >= 0.3 is 0 Å². The lowest BCUT2D eigenvalue weighted by atomic mass is 10.1. The SMILES string of the molecule is CCOc1cccc(C(NN)c2ncnn2CC)c1. The molecular formula is C13H19N5O. The van der Waals surface area contributed by atoms with Gasteiger partial charge in [-0.3, -0.25) is 5.84 Å². The zero-order valence-corrected chi connectivity index (χ0v) is 11.2. The minimum Gasteiger partial charge on any atom is -0.494 e. The van der Waals surface area contributed by atoms with E-state index in [1.807, 2.05) is 42.8 Å². The van der Waals surface area contributed by atoms with E-state index >= 15 is 0 Å². The van der Waals surface area contributed by atoms with E-state index in [0.29, 0.717) is 6.61 Å². The standard InChI is InChI=1S/C13H19N5O/c1-3-18-13(15-9-16-18)12(17-14)10-6-5-7-11(8-10)19-4-2/h5-9,12,17H,3-4,14H2,1-2H3. The third-order valence-corrected chi connectivity index (χ3v) is 2.87. The minimum atomic E-state index is -0.206. The smallest absolute Gasteiger partial charge is 0.149 e. The zero-order valence-electron chi connectivity index (χ0n) is 11.2. The number of hydrogen-bond donors (Lipinski definition) is 2. The van der Waals surface area contributed by atoms with Gasteiger partial charge in [-0.2, -0.15) is 5.10 Å². The predicted molar refractivity (Wildman–Crippen MR) is 72.5 cm³/mol. The number of rotatable bonds is 6. The molecule has 2 rings (SSSR count). The molecule has 3 N–H and O–H groups in total. The van der Waals surface area contributed by atoms with Gasteiger partial charge in [-0.15, -0.1) is 0 Å². The van der Waals surface area contributed by atoms with E-state index in [1.165, 1.54) is 6.33 Å². The quantitative estimate of drug-likeness (QED) is 0.604. The predicted octanol–water partition coefficient (Wildman–Crippen LogP) is 1.25. The maximum absolute atomic E-state index is 5.67. The first kappa shape index (κ1) is 13.5. The molecule has 6 nitrogen and oxygen atoms in total. The summed E-state index contributed by atoms with van der Waals surface area (Å²) in [6, 6.07) is 7.61. The van der Waals surface area contributed by atoms with Crippen LogP contribution in [0.25, 0.3) is 0 Å². The third-order valence-electron chi connectivity index (χ3n) is 2.87. The number of hydrazine groups is 1. The molecule has 0 amide bonds. The van der Waals surface area contributed by atoms with E-state index < -0.39 is 0 Å². The Morgan fingerprint density at radius 1 is 1.42 bits per heavy atom.